The Labute approximate surface area is 113 Å². The quantitative estimate of drug-likeness (QED) is 0.887. The van der Waals surface area contributed by atoms with Gasteiger partial charge in [-0.3, -0.25) is 0 Å². The highest BCUT2D eigenvalue weighted by atomic mass is 35.5. The first-order chi connectivity index (χ1) is 8.19. The Bertz CT molecular complexity index is 441. The Hall–Kier alpha value is -1.26. The lowest BCUT2D eigenvalue weighted by atomic mass is 10.1. The highest BCUT2D eigenvalue weighted by Crippen LogP contribution is 2.23. The van der Waals surface area contributed by atoms with Gasteiger partial charge in [-0.1, -0.05) is 17.7 Å². The van der Waals surface area contributed by atoms with E-state index in [9.17, 15) is 9.90 Å². The lowest BCUT2D eigenvalue weighted by Gasteiger charge is -2.25. The van der Waals surface area contributed by atoms with Gasteiger partial charge in [-0.15, -0.1) is 0 Å². The number of aryl methyl sites for hydroxylation is 1. The first kappa shape index (κ1) is 14.8. The molecule has 0 aliphatic heterocycles. The van der Waals surface area contributed by atoms with Gasteiger partial charge in [-0.25, -0.2) is 4.79 Å². The molecule has 2 N–H and O–H groups in total. The van der Waals surface area contributed by atoms with Gasteiger partial charge in [0.15, 0.2) is 0 Å². The molecule has 0 saturated carbocycles. The molecular weight excluding hydrogens is 252 g/mol. The molecule has 100 valence electrons. The van der Waals surface area contributed by atoms with E-state index in [0.717, 1.165) is 5.56 Å². The average Bonchev–Trinajstić information content (AvgIpc) is 2.21. The van der Waals surface area contributed by atoms with Gasteiger partial charge in [-0.2, -0.15) is 0 Å². The minimum atomic E-state index is -0.928. The predicted octanol–water partition coefficient (Wildman–Crippen LogP) is 2.88. The number of nitrogens with one attached hydrogen (secondary N) is 1. The van der Waals surface area contributed by atoms with Crippen LogP contribution >= 0.6 is 11.6 Å². The molecule has 0 saturated heterocycles. The van der Waals surface area contributed by atoms with E-state index in [1.54, 1.807) is 33.0 Å². The van der Waals surface area contributed by atoms with Gasteiger partial charge < -0.3 is 15.3 Å². The summed E-state index contributed by atoms with van der Waals surface area (Å²) in [5, 5.41) is 12.9. The number of nitrogens with zero attached hydrogens (tertiary/aromatic N) is 1. The van der Waals surface area contributed by atoms with E-state index < -0.39 is 5.60 Å². The topological polar surface area (TPSA) is 52.6 Å². The van der Waals surface area contributed by atoms with Crippen molar-refractivity contribution in [1.29, 1.82) is 0 Å². The molecule has 5 heteroatoms. The lowest BCUT2D eigenvalue weighted by Crippen LogP contribution is -2.41. The average molecular weight is 271 g/mol. The maximum Gasteiger partial charge on any atom is 0.321 e. The molecule has 0 radical (unpaired) electrons. The molecule has 1 rings (SSSR count). The van der Waals surface area contributed by atoms with Crippen LogP contribution in [0.1, 0.15) is 19.4 Å². The number of likely N-dealkylation sites (N-methyl/N-ethyl adjacent to an activating group) is 1. The van der Waals surface area contributed by atoms with E-state index in [1.165, 1.54) is 4.90 Å². The van der Waals surface area contributed by atoms with Crippen LogP contribution in [0.4, 0.5) is 10.5 Å². The van der Waals surface area contributed by atoms with E-state index in [4.69, 9.17) is 11.6 Å². The molecule has 1 aromatic carbocycles. The van der Waals surface area contributed by atoms with E-state index in [1.807, 2.05) is 13.0 Å². The Balaban J connectivity index is 2.72. The zero-order valence-corrected chi connectivity index (χ0v) is 11.9. The summed E-state index contributed by atoms with van der Waals surface area (Å²) >= 11 is 6.00. The number of hydrogen-bond acceptors (Lipinski definition) is 2. The zero-order valence-electron chi connectivity index (χ0n) is 11.1. The second-order valence-electron chi connectivity index (χ2n) is 5.08. The van der Waals surface area contributed by atoms with Gasteiger partial charge in [0.05, 0.1) is 22.9 Å². The van der Waals surface area contributed by atoms with Crippen molar-refractivity contribution in [2.75, 3.05) is 18.9 Å². The maximum atomic E-state index is 11.9. The number of urea groups is 1. The number of amides is 2. The van der Waals surface area contributed by atoms with Crippen molar-refractivity contribution in [3.63, 3.8) is 0 Å². The summed E-state index contributed by atoms with van der Waals surface area (Å²) in [5.41, 5.74) is 0.659. The van der Waals surface area contributed by atoms with Crippen LogP contribution in [-0.4, -0.2) is 35.2 Å². The highest BCUT2D eigenvalue weighted by Gasteiger charge is 2.19. The molecule has 0 aliphatic carbocycles. The summed E-state index contributed by atoms with van der Waals surface area (Å²) in [6.07, 6.45) is 0. The molecule has 2 amide bonds. The summed E-state index contributed by atoms with van der Waals surface area (Å²) in [4.78, 5) is 13.3. The fourth-order valence-corrected chi connectivity index (χ4v) is 1.76. The number of aliphatic hydroxyl groups is 1. The second kappa shape index (κ2) is 5.59. The molecule has 0 spiro atoms. The van der Waals surface area contributed by atoms with Crippen LogP contribution in [0.3, 0.4) is 0 Å². The molecule has 1 aromatic rings. The minimum Gasteiger partial charge on any atom is -0.389 e. The summed E-state index contributed by atoms with van der Waals surface area (Å²) in [6, 6.07) is 5.11. The van der Waals surface area contributed by atoms with Gasteiger partial charge in [0.25, 0.3) is 0 Å². The van der Waals surface area contributed by atoms with Crippen LogP contribution in [-0.2, 0) is 0 Å². The molecule has 0 atom stereocenters. The summed E-state index contributed by atoms with van der Waals surface area (Å²) in [5.74, 6) is 0. The van der Waals surface area contributed by atoms with E-state index in [-0.39, 0.29) is 12.6 Å². The van der Waals surface area contributed by atoms with Crippen LogP contribution in [0, 0.1) is 6.92 Å². The number of rotatable bonds is 3. The Kier molecular flexibility index (Phi) is 4.59. The monoisotopic (exact) mass is 270 g/mol. The van der Waals surface area contributed by atoms with Crippen LogP contribution in [0.2, 0.25) is 5.02 Å². The Morgan fingerprint density at radius 3 is 2.67 bits per heavy atom. The molecule has 0 aromatic heterocycles. The predicted molar refractivity (Wildman–Crippen MR) is 74.1 cm³/mol. The molecule has 0 aliphatic rings. The third-order valence-corrected chi connectivity index (χ3v) is 2.66. The number of benzene rings is 1. The summed E-state index contributed by atoms with van der Waals surface area (Å²) < 4.78 is 0. The molecule has 18 heavy (non-hydrogen) atoms. The van der Waals surface area contributed by atoms with Gasteiger partial charge in [0, 0.05) is 7.05 Å². The van der Waals surface area contributed by atoms with Crippen LogP contribution in [0.25, 0.3) is 0 Å². The zero-order chi connectivity index (χ0) is 13.9. The number of carbonyl (C=O) groups is 1. The van der Waals surface area contributed by atoms with Crippen LogP contribution < -0.4 is 5.32 Å². The van der Waals surface area contributed by atoms with Gasteiger partial charge in [-0.05, 0) is 38.5 Å². The normalized spacial score (nSPS) is 11.2. The largest absolute Gasteiger partial charge is 0.389 e. The van der Waals surface area contributed by atoms with Crippen molar-refractivity contribution in [2.45, 2.75) is 26.4 Å². The maximum absolute atomic E-state index is 11.9. The number of carbonyl (C=O) groups excluding carboxylic acids is 1. The summed E-state index contributed by atoms with van der Waals surface area (Å²) in [6.45, 7) is 5.46. The second-order valence-corrected chi connectivity index (χ2v) is 5.49. The third-order valence-electron chi connectivity index (χ3n) is 2.33. The van der Waals surface area contributed by atoms with Crippen LogP contribution in [0.5, 0.6) is 0 Å². The van der Waals surface area contributed by atoms with Crippen molar-refractivity contribution in [2.24, 2.45) is 0 Å². The van der Waals surface area contributed by atoms with Crippen molar-refractivity contribution in [3.05, 3.63) is 28.8 Å². The molecule has 0 bridgehead atoms. The Morgan fingerprint density at radius 1 is 1.50 bits per heavy atom. The smallest absolute Gasteiger partial charge is 0.321 e. The third kappa shape index (κ3) is 4.55. The SMILES string of the molecule is Cc1ccc(Cl)c(NC(=O)N(C)CC(C)(C)O)c1. The number of hydrogen-bond donors (Lipinski definition) is 2. The van der Waals surface area contributed by atoms with Gasteiger partial charge in [0.1, 0.15) is 0 Å². The van der Waals surface area contributed by atoms with Crippen molar-refractivity contribution in [3.8, 4) is 0 Å². The molecule has 0 fully saturated rings. The fraction of sp³-hybridized carbons (Fsp3) is 0.462. The minimum absolute atomic E-state index is 0.238. The van der Waals surface area contributed by atoms with E-state index in [2.05, 4.69) is 5.32 Å². The first-order valence-electron chi connectivity index (χ1n) is 5.70. The van der Waals surface area contributed by atoms with Crippen molar-refractivity contribution < 1.29 is 9.90 Å². The molecule has 4 nitrogen and oxygen atoms in total. The van der Waals surface area contributed by atoms with E-state index in [0.29, 0.717) is 10.7 Å². The number of halogens is 1. The Morgan fingerprint density at radius 2 is 2.11 bits per heavy atom. The van der Waals surface area contributed by atoms with Crippen molar-refractivity contribution in [1.82, 2.24) is 4.90 Å². The first-order valence-corrected chi connectivity index (χ1v) is 6.07. The molecule has 0 heterocycles. The number of anilines is 1. The summed E-state index contributed by atoms with van der Waals surface area (Å²) in [7, 11) is 1.62. The van der Waals surface area contributed by atoms with Crippen molar-refractivity contribution >= 4 is 23.3 Å². The highest BCUT2D eigenvalue weighted by molar-refractivity contribution is 6.33. The van der Waals surface area contributed by atoms with Crippen LogP contribution in [0.15, 0.2) is 18.2 Å². The lowest BCUT2D eigenvalue weighted by molar-refractivity contribution is 0.0550. The van der Waals surface area contributed by atoms with E-state index >= 15 is 0 Å². The van der Waals surface area contributed by atoms with Gasteiger partial charge >= 0.3 is 6.03 Å². The van der Waals surface area contributed by atoms with Gasteiger partial charge in [0.2, 0.25) is 0 Å². The molecular formula is C13H19ClN2O2. The fourth-order valence-electron chi connectivity index (χ4n) is 1.60. The standard InChI is InChI=1S/C13H19ClN2O2/c1-9-5-6-10(14)11(7-9)15-12(17)16(4)8-13(2,3)18/h5-7,18H,8H2,1-4H3,(H,15,17). The molecule has 0 unspecified atom stereocenters.